The van der Waals surface area contributed by atoms with Crippen molar-refractivity contribution in [1.82, 2.24) is 4.90 Å². The topological polar surface area (TPSA) is 46.3 Å². The van der Waals surface area contributed by atoms with E-state index in [9.17, 15) is 4.79 Å². The van der Waals surface area contributed by atoms with Gasteiger partial charge in [0.1, 0.15) is 0 Å². The van der Waals surface area contributed by atoms with E-state index in [1.165, 1.54) is 0 Å². The number of halogens is 2. The number of nitrogens with two attached hydrogens (primary N) is 1. The van der Waals surface area contributed by atoms with Gasteiger partial charge in [-0.05, 0) is 37.5 Å². The third kappa shape index (κ3) is 3.97. The molecule has 1 aromatic rings. The second kappa shape index (κ2) is 6.55. The van der Waals surface area contributed by atoms with Crippen LogP contribution in [0.15, 0.2) is 28.7 Å². The third-order valence-electron chi connectivity index (χ3n) is 2.90. The fourth-order valence-electron chi connectivity index (χ4n) is 1.87. The van der Waals surface area contributed by atoms with Crippen LogP contribution in [0.2, 0.25) is 0 Å². The molecule has 1 fully saturated rings. The van der Waals surface area contributed by atoms with E-state index in [4.69, 9.17) is 5.73 Å². The smallest absolute Gasteiger partial charge is 0.239 e. The minimum atomic E-state index is -0.414. The van der Waals surface area contributed by atoms with Crippen LogP contribution in [0, 0.1) is 0 Å². The number of hydrogen-bond donors (Lipinski definition) is 1. The van der Waals surface area contributed by atoms with Crippen LogP contribution in [0.1, 0.15) is 25.3 Å². The summed E-state index contributed by atoms with van der Waals surface area (Å²) in [5.74, 6) is 0.0486. The molecule has 0 radical (unpaired) electrons. The number of amides is 1. The van der Waals surface area contributed by atoms with Gasteiger partial charge in [0.15, 0.2) is 0 Å². The van der Waals surface area contributed by atoms with Crippen LogP contribution in [0.3, 0.4) is 0 Å². The molecule has 0 heterocycles. The molecule has 2 rings (SSSR count). The summed E-state index contributed by atoms with van der Waals surface area (Å²) in [5, 5.41) is 0. The Morgan fingerprint density at radius 3 is 2.72 bits per heavy atom. The van der Waals surface area contributed by atoms with Gasteiger partial charge in [0, 0.05) is 17.1 Å². The average Bonchev–Trinajstić information content (AvgIpc) is 3.09. The summed E-state index contributed by atoms with van der Waals surface area (Å²) >= 11 is 3.44. The molecular weight excluding hydrogens is 316 g/mol. The fraction of sp³-hybridized carbons (Fsp3) is 0.462. The van der Waals surface area contributed by atoms with E-state index in [1.807, 2.05) is 29.2 Å². The van der Waals surface area contributed by atoms with Crippen molar-refractivity contribution in [2.75, 3.05) is 0 Å². The zero-order valence-electron chi connectivity index (χ0n) is 10.3. The van der Waals surface area contributed by atoms with Crippen LogP contribution in [0.25, 0.3) is 0 Å². The summed E-state index contributed by atoms with van der Waals surface area (Å²) in [7, 11) is 0. The Morgan fingerprint density at radius 2 is 2.22 bits per heavy atom. The minimum Gasteiger partial charge on any atom is -0.334 e. The van der Waals surface area contributed by atoms with Crippen LogP contribution < -0.4 is 5.73 Å². The van der Waals surface area contributed by atoms with Crippen molar-refractivity contribution in [3.05, 3.63) is 34.3 Å². The first-order valence-corrected chi connectivity index (χ1v) is 6.67. The minimum absolute atomic E-state index is 0. The molecule has 2 N–H and O–H groups in total. The van der Waals surface area contributed by atoms with Gasteiger partial charge in [-0.25, -0.2) is 0 Å². The van der Waals surface area contributed by atoms with Crippen molar-refractivity contribution in [2.24, 2.45) is 5.73 Å². The Labute approximate surface area is 122 Å². The maximum Gasteiger partial charge on any atom is 0.239 e. The van der Waals surface area contributed by atoms with Gasteiger partial charge < -0.3 is 10.6 Å². The fourth-order valence-corrected chi connectivity index (χ4v) is 2.31. The molecule has 3 nitrogen and oxygen atoms in total. The summed E-state index contributed by atoms with van der Waals surface area (Å²) in [6.07, 6.45) is 2.21. The maximum absolute atomic E-state index is 12.0. The van der Waals surface area contributed by atoms with Gasteiger partial charge in [-0.3, -0.25) is 4.79 Å². The van der Waals surface area contributed by atoms with Crippen molar-refractivity contribution in [3.8, 4) is 0 Å². The molecule has 0 bridgehead atoms. The van der Waals surface area contributed by atoms with Gasteiger partial charge in [-0.2, -0.15) is 0 Å². The van der Waals surface area contributed by atoms with Crippen molar-refractivity contribution in [1.29, 1.82) is 0 Å². The molecule has 1 aromatic carbocycles. The number of hydrogen-bond acceptors (Lipinski definition) is 2. The van der Waals surface area contributed by atoms with E-state index in [1.54, 1.807) is 6.92 Å². The van der Waals surface area contributed by atoms with Gasteiger partial charge in [-0.1, -0.05) is 28.1 Å². The van der Waals surface area contributed by atoms with Crippen LogP contribution in [0.5, 0.6) is 0 Å². The van der Waals surface area contributed by atoms with Crippen LogP contribution in [0.4, 0.5) is 0 Å². The second-order valence-corrected chi connectivity index (χ2v) is 5.53. The van der Waals surface area contributed by atoms with Crippen molar-refractivity contribution >= 4 is 34.2 Å². The molecule has 0 aromatic heterocycles. The van der Waals surface area contributed by atoms with Gasteiger partial charge >= 0.3 is 0 Å². The highest BCUT2D eigenvalue weighted by Gasteiger charge is 2.33. The average molecular weight is 334 g/mol. The van der Waals surface area contributed by atoms with E-state index in [0.29, 0.717) is 12.6 Å². The Balaban J connectivity index is 0.00000162. The van der Waals surface area contributed by atoms with Gasteiger partial charge in [0.25, 0.3) is 0 Å². The second-order valence-electron chi connectivity index (χ2n) is 4.62. The standard InChI is InChI=1S/C13H17BrN2O.ClH/c1-9(15)13(17)16(12-5-6-12)8-10-3-2-4-11(14)7-10;/h2-4,7,9,12H,5-6,8,15H2,1H3;1H/t9-;/m0./s1. The predicted molar refractivity (Wildman–Crippen MR) is 78.6 cm³/mol. The molecule has 5 heteroatoms. The number of carbonyl (C=O) groups excluding carboxylic acids is 1. The molecule has 0 aliphatic heterocycles. The highest BCUT2D eigenvalue weighted by atomic mass is 79.9. The first-order valence-electron chi connectivity index (χ1n) is 5.88. The molecular formula is C13H18BrClN2O. The summed E-state index contributed by atoms with van der Waals surface area (Å²) < 4.78 is 1.04. The predicted octanol–water partition coefficient (Wildman–Crippen LogP) is 2.71. The highest BCUT2D eigenvalue weighted by Crippen LogP contribution is 2.29. The van der Waals surface area contributed by atoms with E-state index in [2.05, 4.69) is 15.9 Å². The Bertz CT molecular complexity index is 421. The normalized spacial score (nSPS) is 15.7. The monoisotopic (exact) mass is 332 g/mol. The molecule has 1 amide bonds. The first kappa shape index (κ1) is 15.5. The van der Waals surface area contributed by atoms with Crippen LogP contribution >= 0.6 is 28.3 Å². The van der Waals surface area contributed by atoms with Crippen molar-refractivity contribution in [2.45, 2.75) is 38.4 Å². The number of rotatable bonds is 4. The molecule has 100 valence electrons. The zero-order chi connectivity index (χ0) is 12.4. The molecule has 1 saturated carbocycles. The van der Waals surface area contributed by atoms with Crippen LogP contribution in [-0.4, -0.2) is 22.9 Å². The third-order valence-corrected chi connectivity index (χ3v) is 3.40. The molecule has 18 heavy (non-hydrogen) atoms. The molecule has 1 aliphatic carbocycles. The SMILES string of the molecule is C[C@H](N)C(=O)N(Cc1cccc(Br)c1)C1CC1.Cl. The highest BCUT2D eigenvalue weighted by molar-refractivity contribution is 9.10. The van der Waals surface area contributed by atoms with E-state index in [0.717, 1.165) is 22.9 Å². The molecule has 1 aliphatic rings. The van der Waals surface area contributed by atoms with Crippen molar-refractivity contribution in [3.63, 3.8) is 0 Å². The van der Waals surface area contributed by atoms with Gasteiger partial charge in [0.05, 0.1) is 6.04 Å². The lowest BCUT2D eigenvalue weighted by Crippen LogP contribution is -2.42. The zero-order valence-corrected chi connectivity index (χ0v) is 12.7. The summed E-state index contributed by atoms with van der Waals surface area (Å²) in [5.41, 5.74) is 6.82. The number of nitrogens with zero attached hydrogens (tertiary/aromatic N) is 1. The lowest BCUT2D eigenvalue weighted by atomic mass is 10.2. The van der Waals surface area contributed by atoms with E-state index < -0.39 is 6.04 Å². The lowest BCUT2D eigenvalue weighted by molar-refractivity contribution is -0.133. The molecule has 0 saturated heterocycles. The van der Waals surface area contributed by atoms with E-state index >= 15 is 0 Å². The maximum atomic E-state index is 12.0. The first-order chi connectivity index (χ1) is 8.08. The lowest BCUT2D eigenvalue weighted by Gasteiger charge is -2.24. The summed E-state index contributed by atoms with van der Waals surface area (Å²) in [4.78, 5) is 13.9. The molecule has 1 atom stereocenters. The Kier molecular flexibility index (Phi) is 5.63. The largest absolute Gasteiger partial charge is 0.334 e. The molecule has 0 unspecified atom stereocenters. The molecule has 0 spiro atoms. The summed E-state index contributed by atoms with van der Waals surface area (Å²) in [6, 6.07) is 8.03. The summed E-state index contributed by atoms with van der Waals surface area (Å²) in [6.45, 7) is 2.41. The number of carbonyl (C=O) groups is 1. The van der Waals surface area contributed by atoms with Gasteiger partial charge in [-0.15, -0.1) is 12.4 Å². The number of benzene rings is 1. The Hall–Kier alpha value is -0.580. The quantitative estimate of drug-likeness (QED) is 0.921. The van der Waals surface area contributed by atoms with Gasteiger partial charge in [0.2, 0.25) is 5.91 Å². The van der Waals surface area contributed by atoms with E-state index in [-0.39, 0.29) is 18.3 Å². The van der Waals surface area contributed by atoms with Crippen molar-refractivity contribution < 1.29 is 4.79 Å². The van der Waals surface area contributed by atoms with Crippen LogP contribution in [-0.2, 0) is 11.3 Å². The Morgan fingerprint density at radius 1 is 1.56 bits per heavy atom.